The quantitative estimate of drug-likeness (QED) is 0.680. The molecule has 3 aromatic rings. The summed E-state index contributed by atoms with van der Waals surface area (Å²) in [7, 11) is 1.69. The molecule has 0 unspecified atom stereocenters. The van der Waals surface area contributed by atoms with Crippen LogP contribution in [-0.2, 0) is 12.8 Å². The smallest absolute Gasteiger partial charge is 0.276 e. The predicted molar refractivity (Wildman–Crippen MR) is 108 cm³/mol. The lowest BCUT2D eigenvalue weighted by Gasteiger charge is -2.36. The number of para-hydroxylation sites is 2. The lowest BCUT2D eigenvalue weighted by atomic mass is 9.95. The molecule has 1 aliphatic carbocycles. The number of aryl methyl sites for hydroxylation is 1. The van der Waals surface area contributed by atoms with Gasteiger partial charge in [0.15, 0.2) is 11.5 Å². The number of carbonyl (C=O) groups excluding carboxylic acids is 1. The van der Waals surface area contributed by atoms with E-state index in [1.54, 1.807) is 18.4 Å². The van der Waals surface area contributed by atoms with Crippen LogP contribution in [-0.4, -0.2) is 49.3 Å². The van der Waals surface area contributed by atoms with Gasteiger partial charge in [0.05, 0.1) is 12.8 Å². The molecule has 0 N–H and O–H groups in total. The molecule has 1 aliphatic heterocycles. The number of anilines is 1. The number of nitrogens with zero attached hydrogens (tertiary/aromatic N) is 3. The maximum atomic E-state index is 13.1. The Balaban J connectivity index is 1.32. The van der Waals surface area contributed by atoms with E-state index in [1.165, 1.54) is 4.88 Å². The van der Waals surface area contributed by atoms with Gasteiger partial charge in [-0.3, -0.25) is 4.79 Å². The molecule has 1 saturated heterocycles. The summed E-state index contributed by atoms with van der Waals surface area (Å²) in [4.78, 5) is 18.6. The first kappa shape index (κ1) is 17.3. The molecule has 2 aliphatic rings. The molecule has 28 heavy (non-hydrogen) atoms. The number of carbonyl (C=O) groups is 1. The minimum Gasteiger partial charge on any atom is -0.495 e. The molecule has 0 spiro atoms. The number of amides is 1. The fourth-order valence-electron chi connectivity index (χ4n) is 4.09. The van der Waals surface area contributed by atoms with Gasteiger partial charge < -0.3 is 19.1 Å². The molecular formula is C21H21N3O3S. The van der Waals surface area contributed by atoms with E-state index in [1.807, 2.05) is 23.1 Å². The van der Waals surface area contributed by atoms with Crippen molar-refractivity contribution >= 4 is 22.9 Å². The van der Waals surface area contributed by atoms with Crippen LogP contribution in [0.25, 0.3) is 11.3 Å². The summed E-state index contributed by atoms with van der Waals surface area (Å²) in [6.45, 7) is 2.84. The summed E-state index contributed by atoms with van der Waals surface area (Å²) in [5, 5.41) is 6.23. The van der Waals surface area contributed by atoms with Crippen molar-refractivity contribution in [2.24, 2.45) is 0 Å². The average molecular weight is 395 g/mol. The molecule has 1 aromatic carbocycles. The summed E-state index contributed by atoms with van der Waals surface area (Å²) in [6, 6.07) is 10.1. The number of methoxy groups -OCH3 is 1. The van der Waals surface area contributed by atoms with Gasteiger partial charge in [0, 0.05) is 42.2 Å². The summed E-state index contributed by atoms with van der Waals surface area (Å²) < 4.78 is 11.1. The Morgan fingerprint density at radius 3 is 2.79 bits per heavy atom. The number of benzene rings is 1. The largest absolute Gasteiger partial charge is 0.495 e. The zero-order valence-corrected chi connectivity index (χ0v) is 16.5. The lowest BCUT2D eigenvalue weighted by Crippen LogP contribution is -2.49. The van der Waals surface area contributed by atoms with Gasteiger partial charge in [-0.1, -0.05) is 17.3 Å². The van der Waals surface area contributed by atoms with Gasteiger partial charge in [-0.15, -0.1) is 11.3 Å². The molecular weight excluding hydrogens is 374 g/mol. The van der Waals surface area contributed by atoms with Crippen molar-refractivity contribution in [3.05, 3.63) is 51.8 Å². The van der Waals surface area contributed by atoms with Gasteiger partial charge in [-0.05, 0) is 36.4 Å². The number of ether oxygens (including phenoxy) is 1. The van der Waals surface area contributed by atoms with Crippen molar-refractivity contribution < 1.29 is 14.1 Å². The highest BCUT2D eigenvalue weighted by molar-refractivity contribution is 7.10. The van der Waals surface area contributed by atoms with Crippen LogP contribution in [0.15, 0.2) is 40.2 Å². The van der Waals surface area contributed by atoms with Crippen LogP contribution in [0.5, 0.6) is 5.75 Å². The van der Waals surface area contributed by atoms with Crippen LogP contribution in [0.4, 0.5) is 5.69 Å². The molecule has 7 heteroatoms. The van der Waals surface area contributed by atoms with Crippen LogP contribution in [0.1, 0.15) is 20.9 Å². The Hall–Kier alpha value is -2.80. The Labute approximate surface area is 167 Å². The van der Waals surface area contributed by atoms with E-state index in [9.17, 15) is 4.79 Å². The molecule has 144 valence electrons. The molecule has 0 bridgehead atoms. The molecule has 1 amide bonds. The molecule has 0 atom stereocenters. The number of thiophene rings is 1. The zero-order chi connectivity index (χ0) is 19.1. The standard InChI is InChI=1S/C21H21N3O3S/c1-26-17-5-3-2-4-16(17)23-9-11-24(12-10-23)21(25)19-15-6-7-18-14(8-13-28-18)20(15)27-22-19/h2-5,8,13H,6-7,9-12H2,1H3. The maximum Gasteiger partial charge on any atom is 0.276 e. The summed E-state index contributed by atoms with van der Waals surface area (Å²) in [5.41, 5.74) is 3.61. The summed E-state index contributed by atoms with van der Waals surface area (Å²) in [5.74, 6) is 1.61. The molecule has 3 heterocycles. The van der Waals surface area contributed by atoms with Crippen LogP contribution >= 0.6 is 11.3 Å². The molecule has 5 rings (SSSR count). The van der Waals surface area contributed by atoms with Gasteiger partial charge in [-0.2, -0.15) is 0 Å². The van der Waals surface area contributed by atoms with Crippen molar-refractivity contribution in [1.29, 1.82) is 0 Å². The van der Waals surface area contributed by atoms with Gasteiger partial charge >= 0.3 is 0 Å². The number of hydrogen-bond acceptors (Lipinski definition) is 6. The second-order valence-electron chi connectivity index (χ2n) is 7.05. The number of hydrogen-bond donors (Lipinski definition) is 0. The molecule has 0 saturated carbocycles. The van der Waals surface area contributed by atoms with E-state index >= 15 is 0 Å². The fraction of sp³-hybridized carbons (Fsp3) is 0.333. The topological polar surface area (TPSA) is 58.8 Å². The SMILES string of the molecule is COc1ccccc1N1CCN(C(=O)c2noc3c2CCc2sccc2-3)CC1. The monoisotopic (exact) mass is 395 g/mol. The Bertz CT molecular complexity index is 1020. The van der Waals surface area contributed by atoms with Gasteiger partial charge in [0.25, 0.3) is 5.91 Å². The highest BCUT2D eigenvalue weighted by Crippen LogP contribution is 2.38. The van der Waals surface area contributed by atoms with Crippen molar-refractivity contribution in [3.8, 4) is 17.1 Å². The molecule has 2 aromatic heterocycles. The summed E-state index contributed by atoms with van der Waals surface area (Å²) in [6.07, 6.45) is 1.76. The van der Waals surface area contributed by atoms with E-state index in [-0.39, 0.29) is 5.91 Å². The average Bonchev–Trinajstić information content (AvgIpc) is 3.39. The third kappa shape index (κ3) is 2.77. The van der Waals surface area contributed by atoms with Crippen LogP contribution in [0.3, 0.4) is 0 Å². The van der Waals surface area contributed by atoms with Crippen molar-refractivity contribution in [3.63, 3.8) is 0 Å². The highest BCUT2D eigenvalue weighted by atomic mass is 32.1. The van der Waals surface area contributed by atoms with Crippen molar-refractivity contribution in [1.82, 2.24) is 10.1 Å². The first-order valence-electron chi connectivity index (χ1n) is 9.49. The first-order chi connectivity index (χ1) is 13.8. The molecule has 6 nitrogen and oxygen atoms in total. The second kappa shape index (κ2) is 6.98. The van der Waals surface area contributed by atoms with Gasteiger partial charge in [0.2, 0.25) is 0 Å². The predicted octanol–water partition coefficient (Wildman–Crippen LogP) is 3.47. The number of fused-ring (bicyclic) bond motifs is 3. The Morgan fingerprint density at radius 2 is 1.96 bits per heavy atom. The third-order valence-corrected chi connectivity index (χ3v) is 6.56. The van der Waals surface area contributed by atoms with Crippen LogP contribution in [0.2, 0.25) is 0 Å². The summed E-state index contributed by atoms with van der Waals surface area (Å²) >= 11 is 1.74. The van der Waals surface area contributed by atoms with E-state index < -0.39 is 0 Å². The van der Waals surface area contributed by atoms with Crippen LogP contribution in [0, 0.1) is 0 Å². The Morgan fingerprint density at radius 1 is 1.14 bits per heavy atom. The molecule has 1 fully saturated rings. The normalized spacial score (nSPS) is 15.9. The fourth-order valence-corrected chi connectivity index (χ4v) is 4.96. The van der Waals surface area contributed by atoms with E-state index in [4.69, 9.17) is 9.26 Å². The highest BCUT2D eigenvalue weighted by Gasteiger charge is 2.32. The van der Waals surface area contributed by atoms with Crippen molar-refractivity contribution in [2.45, 2.75) is 12.8 Å². The molecule has 0 radical (unpaired) electrons. The zero-order valence-electron chi connectivity index (χ0n) is 15.7. The van der Waals surface area contributed by atoms with Gasteiger partial charge in [-0.25, -0.2) is 0 Å². The first-order valence-corrected chi connectivity index (χ1v) is 10.4. The lowest BCUT2D eigenvalue weighted by molar-refractivity contribution is 0.0735. The van der Waals surface area contributed by atoms with Crippen LogP contribution < -0.4 is 9.64 Å². The minimum absolute atomic E-state index is 0.0247. The number of rotatable bonds is 3. The Kier molecular flexibility index (Phi) is 4.31. The van der Waals surface area contributed by atoms with E-state index in [0.29, 0.717) is 18.8 Å². The number of aromatic nitrogens is 1. The second-order valence-corrected chi connectivity index (χ2v) is 8.05. The minimum atomic E-state index is -0.0247. The maximum absolute atomic E-state index is 13.1. The van der Waals surface area contributed by atoms with Gasteiger partial charge in [0.1, 0.15) is 5.75 Å². The van der Waals surface area contributed by atoms with E-state index in [2.05, 4.69) is 27.6 Å². The van der Waals surface area contributed by atoms with E-state index in [0.717, 1.165) is 54.3 Å². The third-order valence-electron chi connectivity index (χ3n) is 5.58. The number of piperazine rings is 1. The van der Waals surface area contributed by atoms with Crippen molar-refractivity contribution in [2.75, 3.05) is 38.2 Å².